The highest BCUT2D eigenvalue weighted by Crippen LogP contribution is 2.59. The molecule has 2 aromatic rings. The van der Waals surface area contributed by atoms with E-state index in [0.717, 1.165) is 11.1 Å². The number of fused-ring (bicyclic) bond motifs is 6. The van der Waals surface area contributed by atoms with Gasteiger partial charge in [0.05, 0.1) is 11.5 Å². The van der Waals surface area contributed by atoms with Crippen molar-refractivity contribution >= 4 is 17.6 Å². The molecule has 1 saturated heterocycles. The van der Waals surface area contributed by atoms with E-state index in [1.807, 2.05) is 16.7 Å². The number of anilines is 1. The largest absolute Gasteiger partial charge is 0.481 e. The van der Waals surface area contributed by atoms with E-state index in [4.69, 9.17) is 0 Å². The van der Waals surface area contributed by atoms with Crippen LogP contribution in [0.2, 0.25) is 0 Å². The maximum Gasteiger partial charge on any atom is 0.426 e. The van der Waals surface area contributed by atoms with E-state index in [2.05, 4.69) is 0 Å². The lowest BCUT2D eigenvalue weighted by Crippen LogP contribution is -2.60. The summed E-state index contributed by atoms with van der Waals surface area (Å²) in [4.78, 5) is 30.4. The Labute approximate surface area is 248 Å². The van der Waals surface area contributed by atoms with Crippen LogP contribution in [0.1, 0.15) is 75.5 Å². The van der Waals surface area contributed by atoms with E-state index in [0.29, 0.717) is 83.6 Å². The summed E-state index contributed by atoms with van der Waals surface area (Å²) in [6, 6.07) is 9.95. The molecule has 3 unspecified atom stereocenters. The molecule has 3 atom stereocenters. The van der Waals surface area contributed by atoms with Gasteiger partial charge in [0, 0.05) is 41.7 Å². The number of carboxylic acids is 1. The molecular formula is C33H37F5N2O3. The average molecular weight is 605 g/mol. The second-order valence-corrected chi connectivity index (χ2v) is 13.4. The van der Waals surface area contributed by atoms with Gasteiger partial charge in [-0.05, 0) is 94.5 Å². The van der Waals surface area contributed by atoms with E-state index < -0.39 is 39.6 Å². The van der Waals surface area contributed by atoms with E-state index >= 15 is 4.39 Å². The first-order valence-corrected chi connectivity index (χ1v) is 15.1. The Kier molecular flexibility index (Phi) is 6.90. The van der Waals surface area contributed by atoms with Crippen molar-refractivity contribution in [3.8, 4) is 0 Å². The SMILES string of the molecule is CCN1CC2N(C(=O)C34CCC(C(=O)O)(CC3)CC4)CCC2(Cc2ccc(F)cc2)c2ccc(C(C)(F)C(F)(F)F)cc21. The van der Waals surface area contributed by atoms with Crippen molar-refractivity contribution in [2.45, 2.75) is 88.5 Å². The first-order valence-electron chi connectivity index (χ1n) is 15.1. The Morgan fingerprint density at radius 1 is 0.930 bits per heavy atom. The number of alkyl halides is 4. The van der Waals surface area contributed by atoms with Crippen LogP contribution in [0.25, 0.3) is 0 Å². The molecule has 0 spiro atoms. The van der Waals surface area contributed by atoms with Crippen LogP contribution in [0.4, 0.5) is 27.6 Å². The number of nitrogens with zero attached hydrogens (tertiary/aromatic N) is 2. The molecule has 1 amide bonds. The molecule has 3 saturated carbocycles. The standard InChI is InChI=1S/C33H37F5N2O3/c1-3-39-20-26-32(19-21-4-7-23(34)8-5-21,24-9-6-22(18-25(24)39)29(2,35)33(36,37)38)16-17-40(26)27(41)30-10-13-31(14-11-30,15-12-30)28(42)43/h4-9,18,26H,3,10-17,19-20H2,1-2H3,(H,42,43). The van der Waals surface area contributed by atoms with Crippen LogP contribution in [0.3, 0.4) is 0 Å². The predicted molar refractivity (Wildman–Crippen MR) is 151 cm³/mol. The Bertz CT molecular complexity index is 1410. The van der Waals surface area contributed by atoms with Crippen LogP contribution in [-0.2, 0) is 27.1 Å². The molecule has 5 nitrogen and oxygen atoms in total. The van der Waals surface area contributed by atoms with E-state index in [-0.39, 0.29) is 17.8 Å². The Balaban J connectivity index is 1.42. The second-order valence-electron chi connectivity index (χ2n) is 13.4. The minimum absolute atomic E-state index is 0.0293. The summed E-state index contributed by atoms with van der Waals surface area (Å²) in [5.74, 6) is -1.14. The Morgan fingerprint density at radius 2 is 1.53 bits per heavy atom. The molecule has 2 aromatic carbocycles. The highest BCUT2D eigenvalue weighted by Gasteiger charge is 2.61. The maximum absolute atomic E-state index is 15.1. The second kappa shape index (κ2) is 9.92. The van der Waals surface area contributed by atoms with Crippen LogP contribution in [0.15, 0.2) is 42.5 Å². The van der Waals surface area contributed by atoms with Crippen molar-refractivity contribution in [2.24, 2.45) is 10.8 Å². The number of carbonyl (C=O) groups excluding carboxylic acids is 1. The average Bonchev–Trinajstić information content (AvgIpc) is 3.36. The summed E-state index contributed by atoms with van der Waals surface area (Å²) in [7, 11) is 0. The van der Waals surface area contributed by atoms with Crippen molar-refractivity contribution in [3.05, 3.63) is 65.0 Å². The molecule has 10 heteroatoms. The fraction of sp³-hybridized carbons (Fsp3) is 0.576. The minimum atomic E-state index is -5.09. The number of likely N-dealkylation sites (tertiary alicyclic amines) is 1. The highest BCUT2D eigenvalue weighted by atomic mass is 19.4. The fourth-order valence-corrected chi connectivity index (χ4v) is 8.45. The molecule has 3 aliphatic carbocycles. The van der Waals surface area contributed by atoms with Crippen molar-refractivity contribution in [2.75, 3.05) is 24.5 Å². The number of benzene rings is 2. The summed E-state index contributed by atoms with van der Waals surface area (Å²) >= 11 is 0. The quantitative estimate of drug-likeness (QED) is 0.364. The zero-order valence-electron chi connectivity index (χ0n) is 24.4. The molecule has 7 rings (SSSR count). The lowest BCUT2D eigenvalue weighted by Gasteiger charge is -2.53. The van der Waals surface area contributed by atoms with Crippen LogP contribution in [0.5, 0.6) is 0 Å². The molecule has 232 valence electrons. The number of amides is 1. The topological polar surface area (TPSA) is 60.9 Å². The van der Waals surface area contributed by atoms with Gasteiger partial charge in [0.15, 0.2) is 0 Å². The van der Waals surface area contributed by atoms with Gasteiger partial charge in [-0.15, -0.1) is 0 Å². The zero-order valence-corrected chi connectivity index (χ0v) is 24.4. The maximum atomic E-state index is 15.1. The lowest BCUT2D eigenvalue weighted by atomic mass is 9.53. The monoisotopic (exact) mass is 604 g/mol. The zero-order chi connectivity index (χ0) is 31.0. The first-order chi connectivity index (χ1) is 20.2. The van der Waals surface area contributed by atoms with E-state index in [9.17, 15) is 32.3 Å². The van der Waals surface area contributed by atoms with Gasteiger partial charge in [-0.2, -0.15) is 13.2 Å². The number of carbonyl (C=O) groups is 2. The highest BCUT2D eigenvalue weighted by molar-refractivity contribution is 5.86. The third-order valence-corrected chi connectivity index (χ3v) is 11.4. The number of halogens is 5. The molecule has 4 fully saturated rings. The smallest absolute Gasteiger partial charge is 0.426 e. The lowest BCUT2D eigenvalue weighted by molar-refractivity contribution is -0.228. The van der Waals surface area contributed by atoms with Crippen LogP contribution in [0, 0.1) is 16.6 Å². The Hall–Kier alpha value is -3.17. The fourth-order valence-electron chi connectivity index (χ4n) is 8.45. The number of rotatable bonds is 6. The van der Waals surface area contributed by atoms with Crippen molar-refractivity contribution in [3.63, 3.8) is 0 Å². The number of hydrogen-bond acceptors (Lipinski definition) is 3. The molecular weight excluding hydrogens is 567 g/mol. The van der Waals surface area contributed by atoms with E-state index in [1.165, 1.54) is 24.3 Å². The molecule has 0 aromatic heterocycles. The van der Waals surface area contributed by atoms with Gasteiger partial charge >= 0.3 is 12.1 Å². The summed E-state index contributed by atoms with van der Waals surface area (Å²) in [6.07, 6.45) is -1.11. The van der Waals surface area contributed by atoms with Crippen LogP contribution < -0.4 is 4.90 Å². The van der Waals surface area contributed by atoms with Crippen molar-refractivity contribution in [1.82, 2.24) is 4.90 Å². The molecule has 1 N–H and O–H groups in total. The number of aliphatic carboxylic acids is 1. The normalized spacial score (nSPS) is 31.4. The summed E-state index contributed by atoms with van der Waals surface area (Å²) in [5, 5.41) is 9.85. The van der Waals surface area contributed by atoms with Crippen LogP contribution in [-0.4, -0.2) is 53.7 Å². The minimum Gasteiger partial charge on any atom is -0.481 e. The summed E-state index contributed by atoms with van der Waals surface area (Å²) in [5.41, 5.74) is -3.92. The molecule has 2 heterocycles. The van der Waals surface area contributed by atoms with Gasteiger partial charge in [-0.3, -0.25) is 9.59 Å². The van der Waals surface area contributed by atoms with Crippen molar-refractivity contribution < 1.29 is 36.6 Å². The summed E-state index contributed by atoms with van der Waals surface area (Å²) < 4.78 is 70.1. The van der Waals surface area contributed by atoms with Gasteiger partial charge in [-0.25, -0.2) is 8.78 Å². The van der Waals surface area contributed by atoms with Crippen LogP contribution >= 0.6 is 0 Å². The number of carboxylic acid groups (broad SMARTS) is 1. The van der Waals surface area contributed by atoms with Gasteiger partial charge in [0.1, 0.15) is 5.82 Å². The predicted octanol–water partition coefficient (Wildman–Crippen LogP) is 6.92. The molecule has 2 bridgehead atoms. The van der Waals surface area contributed by atoms with Gasteiger partial charge in [0.25, 0.3) is 0 Å². The molecule has 5 aliphatic rings. The number of hydrogen-bond donors (Lipinski definition) is 1. The molecule has 2 aliphatic heterocycles. The molecule has 43 heavy (non-hydrogen) atoms. The third kappa shape index (κ3) is 4.45. The summed E-state index contributed by atoms with van der Waals surface area (Å²) in [6.45, 7) is 3.68. The van der Waals surface area contributed by atoms with Gasteiger partial charge < -0.3 is 14.9 Å². The third-order valence-electron chi connectivity index (χ3n) is 11.4. The van der Waals surface area contributed by atoms with Gasteiger partial charge in [0.2, 0.25) is 11.6 Å². The Morgan fingerprint density at radius 3 is 2.09 bits per heavy atom. The van der Waals surface area contributed by atoms with E-state index in [1.54, 1.807) is 18.2 Å². The number of likely N-dealkylation sites (N-methyl/N-ethyl adjacent to an activating group) is 1. The first kappa shape index (κ1) is 29.9. The molecule has 0 radical (unpaired) electrons. The van der Waals surface area contributed by atoms with Crippen molar-refractivity contribution in [1.29, 1.82) is 0 Å². The van der Waals surface area contributed by atoms with Gasteiger partial charge in [-0.1, -0.05) is 24.3 Å².